The largest absolute Gasteiger partial charge is 0.314 e. The van der Waals surface area contributed by atoms with E-state index in [9.17, 15) is 4.79 Å². The second kappa shape index (κ2) is 5.88. The zero-order valence-electron chi connectivity index (χ0n) is 8.62. The van der Waals surface area contributed by atoms with Crippen molar-refractivity contribution in [3.63, 3.8) is 0 Å². The van der Waals surface area contributed by atoms with Gasteiger partial charge in [0.15, 0.2) is 0 Å². The first kappa shape index (κ1) is 11.3. The van der Waals surface area contributed by atoms with Gasteiger partial charge in [-0.1, -0.05) is 13.8 Å². The van der Waals surface area contributed by atoms with Crippen LogP contribution >= 0.6 is 11.3 Å². The normalized spacial score (nSPS) is 10.8. The fourth-order valence-corrected chi connectivity index (χ4v) is 1.74. The van der Waals surface area contributed by atoms with Crippen LogP contribution in [0.3, 0.4) is 0 Å². The van der Waals surface area contributed by atoms with Crippen LogP contribution < -0.4 is 5.32 Å². The van der Waals surface area contributed by atoms with Crippen molar-refractivity contribution in [3.8, 4) is 0 Å². The van der Waals surface area contributed by atoms with Gasteiger partial charge in [-0.25, -0.2) is 0 Å². The first-order valence-corrected chi connectivity index (χ1v) is 5.69. The third-order valence-electron chi connectivity index (χ3n) is 1.81. The van der Waals surface area contributed by atoms with Gasteiger partial charge in [0.2, 0.25) is 0 Å². The van der Waals surface area contributed by atoms with Gasteiger partial charge in [-0.15, -0.1) is 11.3 Å². The zero-order chi connectivity index (χ0) is 10.4. The second-order valence-corrected chi connectivity index (χ2v) is 4.51. The third-order valence-corrected chi connectivity index (χ3v) is 2.59. The van der Waals surface area contributed by atoms with E-state index in [1.165, 1.54) is 11.3 Å². The SMILES string of the molecule is CC(C)NCCC(=O)Cc1cncs1. The number of hydrogen-bond donors (Lipinski definition) is 1. The number of carbonyl (C=O) groups is 1. The van der Waals surface area contributed by atoms with Crippen molar-refractivity contribution in [1.82, 2.24) is 10.3 Å². The minimum atomic E-state index is 0.280. The molecule has 1 aromatic heterocycles. The molecule has 0 atom stereocenters. The Bertz CT molecular complexity index is 270. The summed E-state index contributed by atoms with van der Waals surface area (Å²) in [4.78, 5) is 16.4. The molecule has 0 radical (unpaired) electrons. The molecule has 0 aromatic carbocycles. The molecule has 0 aliphatic rings. The molecule has 0 aliphatic heterocycles. The molecule has 0 fully saturated rings. The summed E-state index contributed by atoms with van der Waals surface area (Å²) in [5.74, 6) is 0.280. The highest BCUT2D eigenvalue weighted by Crippen LogP contribution is 2.07. The molecular formula is C10H16N2OS. The first-order valence-electron chi connectivity index (χ1n) is 4.81. The topological polar surface area (TPSA) is 42.0 Å². The Kier molecular flexibility index (Phi) is 4.76. The smallest absolute Gasteiger partial charge is 0.139 e. The number of nitrogens with zero attached hydrogens (tertiary/aromatic N) is 1. The quantitative estimate of drug-likeness (QED) is 0.779. The van der Waals surface area contributed by atoms with Gasteiger partial charge in [0, 0.05) is 36.5 Å². The molecule has 1 aromatic rings. The van der Waals surface area contributed by atoms with Gasteiger partial charge in [-0.2, -0.15) is 0 Å². The van der Waals surface area contributed by atoms with Crippen molar-refractivity contribution >= 4 is 17.1 Å². The van der Waals surface area contributed by atoms with Gasteiger partial charge in [0.1, 0.15) is 5.78 Å². The summed E-state index contributed by atoms with van der Waals surface area (Å²) in [5, 5.41) is 3.22. The van der Waals surface area contributed by atoms with Crippen molar-refractivity contribution in [2.75, 3.05) is 6.54 Å². The molecule has 3 nitrogen and oxygen atoms in total. The van der Waals surface area contributed by atoms with E-state index < -0.39 is 0 Å². The van der Waals surface area contributed by atoms with Gasteiger partial charge in [-0.05, 0) is 0 Å². The highest BCUT2D eigenvalue weighted by molar-refractivity contribution is 7.09. The molecule has 0 amide bonds. The monoisotopic (exact) mass is 212 g/mol. The van der Waals surface area contributed by atoms with Gasteiger partial charge < -0.3 is 5.32 Å². The van der Waals surface area contributed by atoms with E-state index in [-0.39, 0.29) is 5.78 Å². The summed E-state index contributed by atoms with van der Waals surface area (Å²) in [6, 6.07) is 0.450. The van der Waals surface area contributed by atoms with E-state index in [2.05, 4.69) is 24.1 Å². The van der Waals surface area contributed by atoms with E-state index in [1.807, 2.05) is 0 Å². The predicted octanol–water partition coefficient (Wildman–Crippen LogP) is 1.64. The fraction of sp³-hybridized carbons (Fsp3) is 0.600. The van der Waals surface area contributed by atoms with Gasteiger partial charge in [-0.3, -0.25) is 9.78 Å². The average Bonchev–Trinajstić information content (AvgIpc) is 2.56. The van der Waals surface area contributed by atoms with Crippen LogP contribution in [0.5, 0.6) is 0 Å². The molecule has 0 saturated carbocycles. The van der Waals surface area contributed by atoms with Crippen molar-refractivity contribution in [2.24, 2.45) is 0 Å². The van der Waals surface area contributed by atoms with Gasteiger partial charge in [0.05, 0.1) is 5.51 Å². The molecule has 0 unspecified atom stereocenters. The minimum Gasteiger partial charge on any atom is -0.314 e. The Morgan fingerprint density at radius 3 is 3.00 bits per heavy atom. The molecule has 14 heavy (non-hydrogen) atoms. The summed E-state index contributed by atoms with van der Waals surface area (Å²) < 4.78 is 0. The summed E-state index contributed by atoms with van der Waals surface area (Å²) in [7, 11) is 0. The predicted molar refractivity (Wildman–Crippen MR) is 58.6 cm³/mol. The average molecular weight is 212 g/mol. The first-order chi connectivity index (χ1) is 6.68. The number of Topliss-reactive ketones (excluding diaryl/α,β-unsaturated/α-hetero) is 1. The van der Waals surface area contributed by atoms with Crippen LogP contribution in [0, 0.1) is 0 Å². The fourth-order valence-electron chi connectivity index (χ4n) is 1.11. The Morgan fingerprint density at radius 1 is 1.64 bits per heavy atom. The molecule has 0 spiro atoms. The lowest BCUT2D eigenvalue weighted by Gasteiger charge is -2.06. The summed E-state index contributed by atoms with van der Waals surface area (Å²) in [6.07, 6.45) is 2.90. The molecule has 1 N–H and O–H groups in total. The van der Waals surface area contributed by atoms with E-state index in [1.54, 1.807) is 11.7 Å². The highest BCUT2D eigenvalue weighted by atomic mass is 32.1. The second-order valence-electron chi connectivity index (χ2n) is 3.54. The van der Waals surface area contributed by atoms with E-state index >= 15 is 0 Å². The Morgan fingerprint density at radius 2 is 2.43 bits per heavy atom. The molecule has 0 aliphatic carbocycles. The highest BCUT2D eigenvalue weighted by Gasteiger charge is 2.04. The maximum Gasteiger partial charge on any atom is 0.139 e. The Labute approximate surface area is 88.6 Å². The maximum absolute atomic E-state index is 11.4. The lowest BCUT2D eigenvalue weighted by Crippen LogP contribution is -2.25. The molecule has 4 heteroatoms. The molecular weight excluding hydrogens is 196 g/mol. The van der Waals surface area contributed by atoms with Crippen LogP contribution in [-0.4, -0.2) is 23.4 Å². The lowest BCUT2D eigenvalue weighted by molar-refractivity contribution is -0.118. The van der Waals surface area contributed by atoms with E-state index in [0.29, 0.717) is 18.9 Å². The van der Waals surface area contributed by atoms with Gasteiger partial charge >= 0.3 is 0 Å². The van der Waals surface area contributed by atoms with Crippen LogP contribution in [0.15, 0.2) is 11.7 Å². The number of carbonyl (C=O) groups excluding carboxylic acids is 1. The van der Waals surface area contributed by atoms with Crippen LogP contribution in [0.25, 0.3) is 0 Å². The minimum absolute atomic E-state index is 0.280. The van der Waals surface area contributed by atoms with Crippen molar-refractivity contribution in [1.29, 1.82) is 0 Å². The van der Waals surface area contributed by atoms with Crippen molar-refractivity contribution < 1.29 is 4.79 Å². The number of ketones is 1. The Hall–Kier alpha value is -0.740. The maximum atomic E-state index is 11.4. The molecule has 0 bridgehead atoms. The Balaban J connectivity index is 2.17. The molecule has 1 heterocycles. The molecule has 1 rings (SSSR count). The van der Waals surface area contributed by atoms with Crippen LogP contribution in [-0.2, 0) is 11.2 Å². The van der Waals surface area contributed by atoms with Gasteiger partial charge in [0.25, 0.3) is 0 Å². The van der Waals surface area contributed by atoms with Crippen molar-refractivity contribution in [2.45, 2.75) is 32.7 Å². The lowest BCUT2D eigenvalue weighted by atomic mass is 10.2. The van der Waals surface area contributed by atoms with Crippen molar-refractivity contribution in [3.05, 3.63) is 16.6 Å². The van der Waals surface area contributed by atoms with Crippen LogP contribution in [0.1, 0.15) is 25.1 Å². The number of nitrogens with one attached hydrogen (secondary N) is 1. The summed E-state index contributed by atoms with van der Waals surface area (Å²) in [5.41, 5.74) is 1.76. The van der Waals surface area contributed by atoms with Crippen LogP contribution in [0.4, 0.5) is 0 Å². The standard InChI is InChI=1S/C10H16N2OS/c1-8(2)12-4-3-9(13)5-10-6-11-7-14-10/h6-8,12H,3-5H2,1-2H3. The van der Waals surface area contributed by atoms with E-state index in [0.717, 1.165) is 11.4 Å². The number of rotatable bonds is 6. The number of aromatic nitrogens is 1. The summed E-state index contributed by atoms with van der Waals surface area (Å²) in [6.45, 7) is 4.93. The zero-order valence-corrected chi connectivity index (χ0v) is 9.43. The molecule has 0 saturated heterocycles. The third kappa shape index (κ3) is 4.48. The molecule has 78 valence electrons. The summed E-state index contributed by atoms with van der Waals surface area (Å²) >= 11 is 1.54. The number of hydrogen-bond acceptors (Lipinski definition) is 4. The van der Waals surface area contributed by atoms with Crippen LogP contribution in [0.2, 0.25) is 0 Å². The van der Waals surface area contributed by atoms with E-state index in [4.69, 9.17) is 0 Å². The number of thiazole rings is 1.